The largest absolute Gasteiger partial charge is 0.289 e. The fourth-order valence-corrected chi connectivity index (χ4v) is 3.38. The quantitative estimate of drug-likeness (QED) is 0.282. The maximum Gasteiger partial charge on any atom is 0.269 e. The van der Waals surface area contributed by atoms with Gasteiger partial charge in [-0.1, -0.05) is 12.1 Å². The molecule has 3 aromatic carbocycles. The molecule has 0 unspecified atom stereocenters. The highest BCUT2D eigenvalue weighted by Gasteiger charge is 2.37. The van der Waals surface area contributed by atoms with Crippen molar-refractivity contribution >= 4 is 29.0 Å². The predicted octanol–water partition coefficient (Wildman–Crippen LogP) is 4.24. The van der Waals surface area contributed by atoms with Crippen LogP contribution in [-0.2, 0) is 0 Å². The van der Waals surface area contributed by atoms with Crippen molar-refractivity contribution in [1.82, 2.24) is 0 Å². The number of fused-ring (bicyclic) bond motifs is 1. The maximum atomic E-state index is 13.0. The van der Waals surface area contributed by atoms with Crippen molar-refractivity contribution in [2.75, 3.05) is 4.90 Å². The second kappa shape index (κ2) is 7.04. The van der Waals surface area contributed by atoms with Gasteiger partial charge in [0.25, 0.3) is 17.5 Å². The summed E-state index contributed by atoms with van der Waals surface area (Å²) < 4.78 is 0. The molecule has 30 heavy (non-hydrogen) atoms. The molecule has 3 aromatic rings. The normalized spacial score (nSPS) is 12.8. The lowest BCUT2D eigenvalue weighted by Gasteiger charge is -2.15. The van der Waals surface area contributed by atoms with Gasteiger partial charge < -0.3 is 0 Å². The van der Waals surface area contributed by atoms with Gasteiger partial charge in [0, 0.05) is 23.3 Å². The molecule has 0 saturated heterocycles. The average Bonchev–Trinajstić information content (AvgIpc) is 2.99. The van der Waals surface area contributed by atoms with Crippen molar-refractivity contribution < 1.29 is 19.3 Å². The summed E-state index contributed by atoms with van der Waals surface area (Å²) >= 11 is 0. The molecule has 0 aliphatic carbocycles. The number of hydrogen-bond donors (Lipinski definition) is 0. The zero-order chi connectivity index (χ0) is 21.6. The summed E-state index contributed by atoms with van der Waals surface area (Å²) in [5, 5.41) is 10.8. The highest BCUT2D eigenvalue weighted by atomic mass is 16.6. The van der Waals surface area contributed by atoms with Gasteiger partial charge in [-0.25, -0.2) is 4.90 Å². The summed E-state index contributed by atoms with van der Waals surface area (Å²) in [5.74, 6) is -1.32. The number of amides is 2. The first-order chi connectivity index (χ1) is 14.3. The first-order valence-electron chi connectivity index (χ1n) is 9.17. The summed E-state index contributed by atoms with van der Waals surface area (Å²) in [6.45, 7) is 3.84. The molecule has 4 rings (SSSR count). The number of rotatable bonds is 4. The van der Waals surface area contributed by atoms with Crippen molar-refractivity contribution in [2.24, 2.45) is 0 Å². The van der Waals surface area contributed by atoms with Crippen molar-refractivity contribution in [3.8, 4) is 0 Å². The molecule has 0 N–H and O–H groups in total. The number of carbonyl (C=O) groups is 3. The SMILES string of the molecule is Cc1ccc(N2C(=O)c3ccc(C(=O)c4ccc([N+](=O)[O-])cc4)cc3C2=O)cc1C. The summed E-state index contributed by atoms with van der Waals surface area (Å²) in [7, 11) is 0. The monoisotopic (exact) mass is 400 g/mol. The van der Waals surface area contributed by atoms with E-state index in [1.807, 2.05) is 19.9 Å². The second-order valence-electron chi connectivity index (χ2n) is 7.11. The number of anilines is 1. The highest BCUT2D eigenvalue weighted by Crippen LogP contribution is 2.30. The highest BCUT2D eigenvalue weighted by molar-refractivity contribution is 6.35. The fourth-order valence-electron chi connectivity index (χ4n) is 3.38. The first kappa shape index (κ1) is 19.2. The van der Waals surface area contributed by atoms with Gasteiger partial charge in [0.1, 0.15) is 0 Å². The van der Waals surface area contributed by atoms with Crippen LogP contribution in [0.15, 0.2) is 60.7 Å². The molecule has 0 aromatic heterocycles. The van der Waals surface area contributed by atoms with Gasteiger partial charge in [-0.3, -0.25) is 24.5 Å². The number of hydrogen-bond acceptors (Lipinski definition) is 5. The van der Waals surface area contributed by atoms with Crippen molar-refractivity contribution in [3.05, 3.63) is 104 Å². The van der Waals surface area contributed by atoms with Crippen LogP contribution < -0.4 is 4.90 Å². The van der Waals surface area contributed by atoms with E-state index in [9.17, 15) is 24.5 Å². The number of ketones is 1. The van der Waals surface area contributed by atoms with E-state index >= 15 is 0 Å². The molecule has 0 fully saturated rings. The third kappa shape index (κ3) is 3.06. The van der Waals surface area contributed by atoms with Crippen LogP contribution in [0.3, 0.4) is 0 Å². The van der Waals surface area contributed by atoms with E-state index < -0.39 is 22.5 Å². The number of nitro benzene ring substituents is 1. The van der Waals surface area contributed by atoms with Crippen LogP contribution in [0.2, 0.25) is 0 Å². The molecule has 2 amide bonds. The molecule has 1 heterocycles. The Balaban J connectivity index is 1.68. The minimum absolute atomic E-state index is 0.120. The number of aryl methyl sites for hydroxylation is 2. The molecule has 0 radical (unpaired) electrons. The Kier molecular flexibility index (Phi) is 4.50. The van der Waals surface area contributed by atoms with Crippen LogP contribution in [0.4, 0.5) is 11.4 Å². The summed E-state index contributed by atoms with van der Waals surface area (Å²) in [5.41, 5.74) is 3.24. The number of carbonyl (C=O) groups excluding carboxylic acids is 3. The number of nitro groups is 1. The molecule has 0 atom stereocenters. The number of imide groups is 1. The lowest BCUT2D eigenvalue weighted by atomic mass is 9.99. The molecule has 0 saturated carbocycles. The van der Waals surface area contributed by atoms with Gasteiger partial charge in [0.15, 0.2) is 5.78 Å². The van der Waals surface area contributed by atoms with E-state index in [0.29, 0.717) is 5.69 Å². The Morgan fingerprint density at radius 2 is 1.43 bits per heavy atom. The van der Waals surface area contributed by atoms with Gasteiger partial charge in [-0.15, -0.1) is 0 Å². The topological polar surface area (TPSA) is 97.6 Å². The maximum absolute atomic E-state index is 13.0. The summed E-state index contributed by atoms with van der Waals surface area (Å²) in [6, 6.07) is 14.9. The molecular weight excluding hydrogens is 384 g/mol. The fraction of sp³-hybridized carbons (Fsp3) is 0.0870. The molecule has 0 spiro atoms. The zero-order valence-corrected chi connectivity index (χ0v) is 16.2. The minimum Gasteiger partial charge on any atom is -0.289 e. The summed E-state index contributed by atoms with van der Waals surface area (Å²) in [4.78, 5) is 49.9. The minimum atomic E-state index is -0.546. The van der Waals surface area contributed by atoms with Gasteiger partial charge in [0.05, 0.1) is 21.7 Å². The van der Waals surface area contributed by atoms with E-state index in [4.69, 9.17) is 0 Å². The van der Waals surface area contributed by atoms with Gasteiger partial charge in [-0.05, 0) is 61.4 Å². The van der Waals surface area contributed by atoms with E-state index in [-0.39, 0.29) is 27.9 Å². The molecule has 1 aliphatic heterocycles. The molecule has 7 heteroatoms. The predicted molar refractivity (Wildman–Crippen MR) is 110 cm³/mol. The van der Waals surface area contributed by atoms with E-state index in [2.05, 4.69) is 0 Å². The van der Waals surface area contributed by atoms with E-state index in [1.54, 1.807) is 12.1 Å². The third-order valence-corrected chi connectivity index (χ3v) is 5.24. The first-order valence-corrected chi connectivity index (χ1v) is 9.17. The molecule has 0 bridgehead atoms. The van der Waals surface area contributed by atoms with Crippen LogP contribution in [0.5, 0.6) is 0 Å². The molecular formula is C23H16N2O5. The van der Waals surface area contributed by atoms with E-state index in [0.717, 1.165) is 16.0 Å². The Morgan fingerprint density at radius 1 is 0.800 bits per heavy atom. The molecule has 7 nitrogen and oxygen atoms in total. The Hall–Kier alpha value is -4.13. The Bertz CT molecular complexity index is 1240. The van der Waals surface area contributed by atoms with Crippen LogP contribution in [0.1, 0.15) is 47.8 Å². The summed E-state index contributed by atoms with van der Waals surface area (Å²) in [6.07, 6.45) is 0. The molecule has 148 valence electrons. The van der Waals surface area contributed by atoms with E-state index in [1.165, 1.54) is 42.5 Å². The third-order valence-electron chi connectivity index (χ3n) is 5.24. The zero-order valence-electron chi connectivity index (χ0n) is 16.2. The van der Waals surface area contributed by atoms with Gasteiger partial charge in [-0.2, -0.15) is 0 Å². The molecule has 1 aliphatic rings. The van der Waals surface area contributed by atoms with Crippen LogP contribution >= 0.6 is 0 Å². The number of non-ortho nitro benzene ring substituents is 1. The van der Waals surface area contributed by atoms with Crippen LogP contribution in [0, 0.1) is 24.0 Å². The number of benzene rings is 3. The second-order valence-corrected chi connectivity index (χ2v) is 7.11. The smallest absolute Gasteiger partial charge is 0.269 e. The lowest BCUT2D eigenvalue weighted by Crippen LogP contribution is -2.29. The van der Waals surface area contributed by atoms with Crippen LogP contribution in [0.25, 0.3) is 0 Å². The van der Waals surface area contributed by atoms with Crippen molar-refractivity contribution in [3.63, 3.8) is 0 Å². The Morgan fingerprint density at radius 3 is 2.07 bits per heavy atom. The number of nitrogens with zero attached hydrogens (tertiary/aromatic N) is 2. The lowest BCUT2D eigenvalue weighted by molar-refractivity contribution is -0.384. The van der Waals surface area contributed by atoms with Gasteiger partial charge >= 0.3 is 0 Å². The standard InChI is InChI=1S/C23H16N2O5/c1-13-3-7-18(11-14(13)2)24-22(27)19-10-6-16(12-20(19)23(24)28)21(26)15-4-8-17(9-5-15)25(29)30/h3-12H,1-2H3. The Labute approximate surface area is 171 Å². The van der Waals surface area contributed by atoms with Crippen LogP contribution in [-0.4, -0.2) is 22.5 Å². The van der Waals surface area contributed by atoms with Crippen molar-refractivity contribution in [1.29, 1.82) is 0 Å². The van der Waals surface area contributed by atoms with Gasteiger partial charge in [0.2, 0.25) is 0 Å². The average molecular weight is 400 g/mol. The van der Waals surface area contributed by atoms with Crippen molar-refractivity contribution in [2.45, 2.75) is 13.8 Å².